The maximum atomic E-state index is 13.3. The molecule has 1 aromatic carbocycles. The minimum Gasteiger partial charge on any atom is -0.467 e. The van der Waals surface area contributed by atoms with E-state index in [1.165, 1.54) is 28.1 Å². The largest absolute Gasteiger partial charge is 0.467 e. The van der Waals surface area contributed by atoms with Crippen LogP contribution in [0.5, 0.6) is 0 Å². The highest BCUT2D eigenvalue weighted by molar-refractivity contribution is 7.99. The van der Waals surface area contributed by atoms with Crippen LogP contribution >= 0.6 is 23.1 Å². The first kappa shape index (κ1) is 22.4. The fourth-order valence-electron chi connectivity index (χ4n) is 3.89. The Bertz CT molecular complexity index is 1440. The van der Waals surface area contributed by atoms with E-state index in [0.29, 0.717) is 34.1 Å². The molecule has 9 heteroatoms. The van der Waals surface area contributed by atoms with Gasteiger partial charge in [-0.3, -0.25) is 14.2 Å². The minimum absolute atomic E-state index is 0.0857. The summed E-state index contributed by atoms with van der Waals surface area (Å²) in [5.41, 5.74) is 2.85. The van der Waals surface area contributed by atoms with Crippen LogP contribution in [0.4, 0.5) is 0 Å². The number of carbonyl (C=O) groups excluding carboxylic acids is 1. The average Bonchev–Trinajstić information content (AvgIpc) is 3.60. The van der Waals surface area contributed by atoms with Gasteiger partial charge in [0, 0.05) is 13.0 Å². The number of allylic oxidation sites excluding steroid dienone is 1. The van der Waals surface area contributed by atoms with E-state index in [1.807, 2.05) is 48.7 Å². The first-order valence-electron chi connectivity index (χ1n) is 10.8. The molecule has 172 valence electrons. The van der Waals surface area contributed by atoms with Gasteiger partial charge in [-0.2, -0.15) is 5.10 Å². The molecule has 0 saturated carbocycles. The number of aromatic nitrogens is 2. The monoisotopic (exact) mass is 490 g/mol. The maximum absolute atomic E-state index is 13.3. The van der Waals surface area contributed by atoms with Gasteiger partial charge in [0.05, 0.1) is 23.1 Å². The SMILES string of the molecule is C=CCn1c(SCC(=O)N2N=C(c3ccc(C)cc3)CC2c2ccco2)nc2sccc2c1=O. The van der Waals surface area contributed by atoms with Gasteiger partial charge in [-0.15, -0.1) is 17.9 Å². The van der Waals surface area contributed by atoms with Crippen molar-refractivity contribution in [3.8, 4) is 0 Å². The Morgan fingerprint density at radius 2 is 2.12 bits per heavy atom. The molecule has 0 N–H and O–H groups in total. The number of hydrazone groups is 1. The predicted molar refractivity (Wildman–Crippen MR) is 135 cm³/mol. The summed E-state index contributed by atoms with van der Waals surface area (Å²) in [7, 11) is 0. The molecule has 1 atom stereocenters. The van der Waals surface area contributed by atoms with Crippen molar-refractivity contribution >= 4 is 44.9 Å². The lowest BCUT2D eigenvalue weighted by Gasteiger charge is -2.20. The Morgan fingerprint density at radius 1 is 1.29 bits per heavy atom. The second kappa shape index (κ2) is 9.44. The van der Waals surface area contributed by atoms with E-state index >= 15 is 0 Å². The van der Waals surface area contributed by atoms with E-state index in [-0.39, 0.29) is 23.3 Å². The number of benzene rings is 1. The second-order valence-corrected chi connectivity index (χ2v) is 9.75. The van der Waals surface area contributed by atoms with Crippen LogP contribution in [0.3, 0.4) is 0 Å². The molecule has 1 aliphatic rings. The number of fused-ring (bicyclic) bond motifs is 1. The summed E-state index contributed by atoms with van der Waals surface area (Å²) in [6.45, 7) is 6.10. The van der Waals surface area contributed by atoms with Crippen molar-refractivity contribution < 1.29 is 9.21 Å². The van der Waals surface area contributed by atoms with Crippen LogP contribution in [0.1, 0.15) is 29.3 Å². The second-order valence-electron chi connectivity index (χ2n) is 7.91. The molecule has 0 saturated heterocycles. The smallest absolute Gasteiger partial charge is 0.263 e. The van der Waals surface area contributed by atoms with Gasteiger partial charge < -0.3 is 4.42 Å². The molecule has 3 aromatic heterocycles. The van der Waals surface area contributed by atoms with Gasteiger partial charge in [-0.05, 0) is 36.1 Å². The number of amides is 1. The molecule has 0 aliphatic carbocycles. The lowest BCUT2D eigenvalue weighted by Crippen LogP contribution is -2.29. The number of thioether (sulfide) groups is 1. The highest BCUT2D eigenvalue weighted by atomic mass is 32.2. The number of nitrogens with zero attached hydrogens (tertiary/aromatic N) is 4. The molecule has 34 heavy (non-hydrogen) atoms. The quantitative estimate of drug-likeness (QED) is 0.207. The van der Waals surface area contributed by atoms with Gasteiger partial charge in [0.2, 0.25) is 0 Å². The maximum Gasteiger partial charge on any atom is 0.263 e. The third-order valence-corrected chi connectivity index (χ3v) is 7.37. The van der Waals surface area contributed by atoms with Gasteiger partial charge in [0.1, 0.15) is 16.6 Å². The van der Waals surface area contributed by atoms with Crippen LogP contribution in [-0.2, 0) is 11.3 Å². The first-order chi connectivity index (χ1) is 16.5. The number of rotatable bonds is 7. The molecular formula is C25H22N4O3S2. The number of aryl methyl sites for hydroxylation is 1. The highest BCUT2D eigenvalue weighted by Crippen LogP contribution is 2.34. The zero-order valence-corrected chi connectivity index (χ0v) is 20.1. The van der Waals surface area contributed by atoms with Crippen LogP contribution in [0, 0.1) is 6.92 Å². The predicted octanol–water partition coefficient (Wildman–Crippen LogP) is 5.02. The molecule has 7 nitrogen and oxygen atoms in total. The van der Waals surface area contributed by atoms with Gasteiger partial charge >= 0.3 is 0 Å². The van der Waals surface area contributed by atoms with Gasteiger partial charge in [0.25, 0.3) is 11.5 Å². The Kier molecular flexibility index (Phi) is 6.21. The first-order valence-corrected chi connectivity index (χ1v) is 12.6. The van der Waals surface area contributed by atoms with Crippen molar-refractivity contribution in [2.45, 2.75) is 31.1 Å². The van der Waals surface area contributed by atoms with Crippen molar-refractivity contribution in [3.05, 3.63) is 94.0 Å². The lowest BCUT2D eigenvalue weighted by molar-refractivity contribution is -0.130. The summed E-state index contributed by atoms with van der Waals surface area (Å²) in [6.07, 6.45) is 3.82. The van der Waals surface area contributed by atoms with Crippen molar-refractivity contribution in [3.63, 3.8) is 0 Å². The summed E-state index contributed by atoms with van der Waals surface area (Å²) in [4.78, 5) is 31.5. The fourth-order valence-corrected chi connectivity index (χ4v) is 5.55. The Balaban J connectivity index is 1.42. The van der Waals surface area contributed by atoms with Crippen molar-refractivity contribution in [2.75, 3.05) is 5.75 Å². The zero-order valence-electron chi connectivity index (χ0n) is 18.5. The van der Waals surface area contributed by atoms with E-state index in [2.05, 4.69) is 16.7 Å². The summed E-state index contributed by atoms with van der Waals surface area (Å²) >= 11 is 2.64. The molecule has 0 bridgehead atoms. The van der Waals surface area contributed by atoms with Crippen LogP contribution in [0.15, 0.2) is 86.2 Å². The van der Waals surface area contributed by atoms with E-state index in [4.69, 9.17) is 4.42 Å². The number of thiophene rings is 1. The standard InChI is InChI=1S/C25H22N4O3S2/c1-3-11-28-24(31)18-10-13-33-23(18)26-25(28)34-15-22(30)29-20(21-5-4-12-32-21)14-19(27-29)17-8-6-16(2)7-9-17/h3-10,12-13,20H,1,11,14-15H2,2H3. The Hall–Kier alpha value is -3.43. The van der Waals surface area contributed by atoms with Crippen LogP contribution < -0.4 is 5.56 Å². The van der Waals surface area contributed by atoms with Crippen LogP contribution in [-0.4, -0.2) is 31.9 Å². The normalized spacial score (nSPS) is 15.6. The zero-order chi connectivity index (χ0) is 23.7. The number of hydrogen-bond acceptors (Lipinski definition) is 7. The van der Waals surface area contributed by atoms with Crippen molar-refractivity contribution in [1.82, 2.24) is 14.6 Å². The summed E-state index contributed by atoms with van der Waals surface area (Å²) < 4.78 is 7.18. The van der Waals surface area contributed by atoms with Crippen LogP contribution in [0.25, 0.3) is 10.2 Å². The number of furan rings is 1. The topological polar surface area (TPSA) is 80.7 Å². The summed E-state index contributed by atoms with van der Waals surface area (Å²) in [6, 6.07) is 13.2. The minimum atomic E-state index is -0.317. The lowest BCUT2D eigenvalue weighted by atomic mass is 10.0. The fraction of sp³-hybridized carbons (Fsp3) is 0.200. The van der Waals surface area contributed by atoms with E-state index < -0.39 is 0 Å². The van der Waals surface area contributed by atoms with Crippen molar-refractivity contribution in [1.29, 1.82) is 0 Å². The van der Waals surface area contributed by atoms with E-state index in [9.17, 15) is 9.59 Å². The number of hydrogen-bond donors (Lipinski definition) is 0. The Labute approximate surface area is 204 Å². The molecule has 5 rings (SSSR count). The molecule has 1 unspecified atom stereocenters. The molecule has 1 amide bonds. The third kappa shape index (κ3) is 4.24. The van der Waals surface area contributed by atoms with Gasteiger partial charge in [-0.25, -0.2) is 9.99 Å². The van der Waals surface area contributed by atoms with Crippen molar-refractivity contribution in [2.24, 2.45) is 5.10 Å². The molecule has 4 heterocycles. The van der Waals surface area contributed by atoms with Gasteiger partial charge in [0.15, 0.2) is 5.16 Å². The molecular weight excluding hydrogens is 468 g/mol. The number of carbonyl (C=O) groups is 1. The van der Waals surface area contributed by atoms with E-state index in [1.54, 1.807) is 23.0 Å². The Morgan fingerprint density at radius 3 is 2.85 bits per heavy atom. The summed E-state index contributed by atoms with van der Waals surface area (Å²) in [5, 5.41) is 9.09. The molecule has 1 aliphatic heterocycles. The van der Waals surface area contributed by atoms with Crippen LogP contribution in [0.2, 0.25) is 0 Å². The highest BCUT2D eigenvalue weighted by Gasteiger charge is 2.35. The summed E-state index contributed by atoms with van der Waals surface area (Å²) in [5.74, 6) is 0.590. The molecule has 0 spiro atoms. The molecule has 0 radical (unpaired) electrons. The molecule has 4 aromatic rings. The molecule has 0 fully saturated rings. The third-order valence-electron chi connectivity index (χ3n) is 5.61. The van der Waals surface area contributed by atoms with Gasteiger partial charge in [-0.1, -0.05) is 47.7 Å². The van der Waals surface area contributed by atoms with E-state index in [0.717, 1.165) is 16.8 Å². The average molecular weight is 491 g/mol.